The van der Waals surface area contributed by atoms with Gasteiger partial charge in [0.2, 0.25) is 5.91 Å². The number of aromatic hydroxyl groups is 1. The fourth-order valence-electron chi connectivity index (χ4n) is 1.19. The van der Waals surface area contributed by atoms with Crippen molar-refractivity contribution in [3.05, 3.63) is 29.8 Å². The maximum atomic E-state index is 11.2. The first-order chi connectivity index (χ1) is 7.49. The van der Waals surface area contributed by atoms with Gasteiger partial charge >= 0.3 is 6.03 Å². The van der Waals surface area contributed by atoms with Crippen molar-refractivity contribution in [1.82, 2.24) is 5.32 Å². The number of benzene rings is 1. The normalized spacial score (nSPS) is 11.8. The number of primary amides is 1. The van der Waals surface area contributed by atoms with E-state index in [0.717, 1.165) is 5.56 Å². The Bertz CT molecular complexity index is 389. The van der Waals surface area contributed by atoms with E-state index < -0.39 is 18.0 Å². The highest BCUT2D eigenvalue weighted by Gasteiger charge is 2.15. The Hall–Kier alpha value is -2.08. The first kappa shape index (κ1) is 12.0. The highest BCUT2D eigenvalue weighted by molar-refractivity contribution is 5.96. The SMILES string of the molecule is NC(=O)NC(=O)[C@H](N)Cc1ccc(O)cc1. The summed E-state index contributed by atoms with van der Waals surface area (Å²) in [4.78, 5) is 21.7. The van der Waals surface area contributed by atoms with Crippen LogP contribution in [-0.4, -0.2) is 23.1 Å². The van der Waals surface area contributed by atoms with Crippen LogP contribution < -0.4 is 16.8 Å². The number of imide groups is 1. The summed E-state index contributed by atoms with van der Waals surface area (Å²) in [6, 6.07) is 4.50. The van der Waals surface area contributed by atoms with Gasteiger partial charge in [0.05, 0.1) is 6.04 Å². The largest absolute Gasteiger partial charge is 0.508 e. The second kappa shape index (κ2) is 5.13. The number of hydrogen-bond acceptors (Lipinski definition) is 4. The van der Waals surface area contributed by atoms with Gasteiger partial charge in [-0.1, -0.05) is 12.1 Å². The van der Waals surface area contributed by atoms with Crippen LogP contribution in [0.2, 0.25) is 0 Å². The molecule has 0 radical (unpaired) electrons. The van der Waals surface area contributed by atoms with E-state index >= 15 is 0 Å². The van der Waals surface area contributed by atoms with E-state index in [1.165, 1.54) is 12.1 Å². The van der Waals surface area contributed by atoms with E-state index in [0.29, 0.717) is 0 Å². The van der Waals surface area contributed by atoms with Crippen LogP contribution in [0.1, 0.15) is 5.56 Å². The number of nitrogens with one attached hydrogen (secondary N) is 1. The molecule has 3 amide bonds. The minimum Gasteiger partial charge on any atom is -0.508 e. The molecule has 0 saturated carbocycles. The Labute approximate surface area is 92.2 Å². The van der Waals surface area contributed by atoms with Crippen LogP contribution in [0.3, 0.4) is 0 Å². The number of carbonyl (C=O) groups is 2. The van der Waals surface area contributed by atoms with Crippen molar-refractivity contribution in [3.8, 4) is 5.75 Å². The topological polar surface area (TPSA) is 118 Å². The molecular formula is C10H13N3O3. The Kier molecular flexibility index (Phi) is 3.84. The summed E-state index contributed by atoms with van der Waals surface area (Å²) in [6.45, 7) is 0. The molecule has 0 aliphatic rings. The summed E-state index contributed by atoms with van der Waals surface area (Å²) in [6.07, 6.45) is 0.263. The van der Waals surface area contributed by atoms with Gasteiger partial charge in [0.25, 0.3) is 0 Å². The molecule has 0 aromatic heterocycles. The van der Waals surface area contributed by atoms with E-state index in [2.05, 4.69) is 0 Å². The molecule has 1 rings (SSSR count). The molecule has 0 spiro atoms. The van der Waals surface area contributed by atoms with Crippen molar-refractivity contribution in [3.63, 3.8) is 0 Å². The molecule has 0 saturated heterocycles. The number of phenolic OH excluding ortho intramolecular Hbond substituents is 1. The zero-order chi connectivity index (χ0) is 12.1. The second-order valence-corrected chi connectivity index (χ2v) is 3.33. The standard InChI is InChI=1S/C10H13N3O3/c11-8(9(15)13-10(12)16)5-6-1-3-7(14)4-2-6/h1-4,8,14H,5,11H2,(H3,12,13,15,16)/t8-/m1/s1. The van der Waals surface area contributed by atoms with E-state index in [9.17, 15) is 9.59 Å². The third-order valence-electron chi connectivity index (χ3n) is 1.98. The molecule has 0 fully saturated rings. The third-order valence-corrected chi connectivity index (χ3v) is 1.98. The van der Waals surface area contributed by atoms with Crippen molar-refractivity contribution in [1.29, 1.82) is 0 Å². The zero-order valence-corrected chi connectivity index (χ0v) is 8.51. The predicted molar refractivity (Wildman–Crippen MR) is 57.5 cm³/mol. The summed E-state index contributed by atoms with van der Waals surface area (Å²) in [5.41, 5.74) is 11.1. The molecule has 0 aliphatic carbocycles. The van der Waals surface area contributed by atoms with E-state index in [4.69, 9.17) is 16.6 Å². The summed E-state index contributed by atoms with van der Waals surface area (Å²) >= 11 is 0. The monoisotopic (exact) mass is 223 g/mol. The van der Waals surface area contributed by atoms with Crippen LogP contribution >= 0.6 is 0 Å². The number of phenols is 1. The Morgan fingerprint density at radius 2 is 1.88 bits per heavy atom. The molecule has 1 aromatic carbocycles. The van der Waals surface area contributed by atoms with Gasteiger partial charge in [-0.15, -0.1) is 0 Å². The molecule has 0 heterocycles. The van der Waals surface area contributed by atoms with Gasteiger partial charge in [-0.2, -0.15) is 0 Å². The summed E-state index contributed by atoms with van der Waals surface area (Å²) in [5.74, 6) is -0.487. The molecule has 86 valence electrons. The number of hydrogen-bond donors (Lipinski definition) is 4. The number of amides is 3. The maximum Gasteiger partial charge on any atom is 0.318 e. The summed E-state index contributed by atoms with van der Waals surface area (Å²) in [7, 11) is 0. The fourth-order valence-corrected chi connectivity index (χ4v) is 1.19. The maximum absolute atomic E-state index is 11.2. The average Bonchev–Trinajstić information content (AvgIpc) is 2.20. The molecule has 0 unspecified atom stereocenters. The lowest BCUT2D eigenvalue weighted by molar-refractivity contribution is -0.121. The third kappa shape index (κ3) is 3.58. The Morgan fingerprint density at radius 3 is 2.38 bits per heavy atom. The molecule has 1 atom stereocenters. The quantitative estimate of drug-likeness (QED) is 0.550. The van der Waals surface area contributed by atoms with Crippen LogP contribution in [0.4, 0.5) is 4.79 Å². The van der Waals surface area contributed by atoms with Gasteiger partial charge in [-0.05, 0) is 24.1 Å². The van der Waals surface area contributed by atoms with Crippen LogP contribution in [0.15, 0.2) is 24.3 Å². The minimum atomic E-state index is -0.925. The van der Waals surface area contributed by atoms with Crippen molar-refractivity contribution in [2.75, 3.05) is 0 Å². The second-order valence-electron chi connectivity index (χ2n) is 3.33. The van der Waals surface area contributed by atoms with Gasteiger partial charge in [0.15, 0.2) is 0 Å². The number of rotatable bonds is 3. The van der Waals surface area contributed by atoms with Gasteiger partial charge in [-0.3, -0.25) is 10.1 Å². The van der Waals surface area contributed by atoms with Crippen LogP contribution in [0.25, 0.3) is 0 Å². The molecular weight excluding hydrogens is 210 g/mol. The highest BCUT2D eigenvalue weighted by atomic mass is 16.3. The lowest BCUT2D eigenvalue weighted by Crippen LogP contribution is -2.46. The molecule has 16 heavy (non-hydrogen) atoms. The number of nitrogens with two attached hydrogens (primary N) is 2. The van der Waals surface area contributed by atoms with Gasteiger partial charge < -0.3 is 16.6 Å². The molecule has 0 bridgehead atoms. The van der Waals surface area contributed by atoms with Gasteiger partial charge in [-0.25, -0.2) is 4.79 Å². The van der Waals surface area contributed by atoms with E-state index in [-0.39, 0.29) is 12.2 Å². The molecule has 6 nitrogen and oxygen atoms in total. The Balaban J connectivity index is 2.57. The van der Waals surface area contributed by atoms with Gasteiger partial charge in [0.1, 0.15) is 5.75 Å². The number of carbonyl (C=O) groups excluding carboxylic acids is 2. The highest BCUT2D eigenvalue weighted by Crippen LogP contribution is 2.10. The predicted octanol–water partition coefficient (Wildman–Crippen LogP) is -0.543. The smallest absolute Gasteiger partial charge is 0.318 e. The van der Waals surface area contributed by atoms with Crippen molar-refractivity contribution >= 4 is 11.9 Å². The van der Waals surface area contributed by atoms with E-state index in [1.807, 2.05) is 5.32 Å². The first-order valence-corrected chi connectivity index (χ1v) is 4.63. The van der Waals surface area contributed by atoms with Crippen molar-refractivity contribution < 1.29 is 14.7 Å². The Morgan fingerprint density at radius 1 is 1.31 bits per heavy atom. The number of urea groups is 1. The van der Waals surface area contributed by atoms with Crippen LogP contribution in [0, 0.1) is 0 Å². The van der Waals surface area contributed by atoms with Crippen LogP contribution in [-0.2, 0) is 11.2 Å². The fraction of sp³-hybridized carbons (Fsp3) is 0.200. The molecule has 1 aromatic rings. The van der Waals surface area contributed by atoms with Gasteiger partial charge in [0, 0.05) is 0 Å². The summed E-state index contributed by atoms with van der Waals surface area (Å²) in [5, 5.41) is 10.9. The lowest BCUT2D eigenvalue weighted by Gasteiger charge is -2.10. The average molecular weight is 223 g/mol. The van der Waals surface area contributed by atoms with Crippen molar-refractivity contribution in [2.45, 2.75) is 12.5 Å². The summed E-state index contributed by atoms with van der Waals surface area (Å²) < 4.78 is 0. The lowest BCUT2D eigenvalue weighted by atomic mass is 10.1. The first-order valence-electron chi connectivity index (χ1n) is 4.63. The van der Waals surface area contributed by atoms with E-state index in [1.54, 1.807) is 12.1 Å². The van der Waals surface area contributed by atoms with Crippen molar-refractivity contribution in [2.24, 2.45) is 11.5 Å². The minimum absolute atomic E-state index is 0.138. The molecule has 0 aliphatic heterocycles. The zero-order valence-electron chi connectivity index (χ0n) is 8.51. The molecule has 6 heteroatoms. The van der Waals surface area contributed by atoms with Crippen LogP contribution in [0.5, 0.6) is 5.75 Å². The molecule has 6 N–H and O–H groups in total.